The molecule has 0 saturated carbocycles. The SMILES string of the molecule is CN(C)C(=O)C1CCCN1Cc1nc2ccc(N)cc2[nH]1. The van der Waals surface area contributed by atoms with Crippen LogP contribution in [0.5, 0.6) is 0 Å². The summed E-state index contributed by atoms with van der Waals surface area (Å²) in [6.45, 7) is 1.60. The van der Waals surface area contributed by atoms with Crippen molar-refractivity contribution in [3.8, 4) is 0 Å². The summed E-state index contributed by atoms with van der Waals surface area (Å²) in [6, 6.07) is 5.62. The van der Waals surface area contributed by atoms with Crippen LogP contribution in [0.1, 0.15) is 18.7 Å². The summed E-state index contributed by atoms with van der Waals surface area (Å²) in [4.78, 5) is 23.9. The van der Waals surface area contributed by atoms with Gasteiger partial charge in [0.15, 0.2) is 0 Å². The zero-order valence-electron chi connectivity index (χ0n) is 12.5. The molecule has 1 aromatic carbocycles. The predicted octanol–water partition coefficient (Wildman–Crippen LogP) is 1.20. The summed E-state index contributed by atoms with van der Waals surface area (Å²) in [5.41, 5.74) is 8.36. The fourth-order valence-corrected chi connectivity index (χ4v) is 2.94. The molecule has 2 heterocycles. The van der Waals surface area contributed by atoms with Gasteiger partial charge in [-0.15, -0.1) is 0 Å². The lowest BCUT2D eigenvalue weighted by Gasteiger charge is -2.25. The number of nitrogens with one attached hydrogen (secondary N) is 1. The highest BCUT2D eigenvalue weighted by atomic mass is 16.2. The van der Waals surface area contributed by atoms with Crippen LogP contribution in [0.25, 0.3) is 11.0 Å². The highest BCUT2D eigenvalue weighted by molar-refractivity contribution is 5.81. The second-order valence-corrected chi connectivity index (χ2v) is 5.82. The number of likely N-dealkylation sites (N-methyl/N-ethyl adjacent to an activating group) is 1. The molecule has 1 aliphatic heterocycles. The first-order valence-electron chi connectivity index (χ1n) is 7.24. The highest BCUT2D eigenvalue weighted by Gasteiger charge is 2.32. The molecule has 112 valence electrons. The summed E-state index contributed by atoms with van der Waals surface area (Å²) in [6.07, 6.45) is 1.97. The molecule has 0 spiro atoms. The Balaban J connectivity index is 1.79. The number of imidazole rings is 1. The fourth-order valence-electron chi connectivity index (χ4n) is 2.94. The molecule has 6 nitrogen and oxygen atoms in total. The van der Waals surface area contributed by atoms with Crippen molar-refractivity contribution in [2.45, 2.75) is 25.4 Å². The van der Waals surface area contributed by atoms with E-state index in [0.29, 0.717) is 6.54 Å². The number of amides is 1. The first kappa shape index (κ1) is 13.9. The van der Waals surface area contributed by atoms with E-state index in [1.165, 1.54) is 0 Å². The van der Waals surface area contributed by atoms with Crippen LogP contribution in [0.15, 0.2) is 18.2 Å². The number of aromatic nitrogens is 2. The van der Waals surface area contributed by atoms with E-state index in [4.69, 9.17) is 5.73 Å². The number of likely N-dealkylation sites (tertiary alicyclic amines) is 1. The third-order valence-corrected chi connectivity index (χ3v) is 4.00. The molecular weight excluding hydrogens is 266 g/mol. The number of fused-ring (bicyclic) bond motifs is 1. The van der Waals surface area contributed by atoms with Gasteiger partial charge in [0.2, 0.25) is 5.91 Å². The Labute approximate surface area is 123 Å². The van der Waals surface area contributed by atoms with Gasteiger partial charge in [0.05, 0.1) is 23.6 Å². The lowest BCUT2D eigenvalue weighted by Crippen LogP contribution is -2.42. The fraction of sp³-hybridized carbons (Fsp3) is 0.467. The summed E-state index contributed by atoms with van der Waals surface area (Å²) in [5, 5.41) is 0. The summed E-state index contributed by atoms with van der Waals surface area (Å²) >= 11 is 0. The lowest BCUT2D eigenvalue weighted by molar-refractivity contribution is -0.133. The highest BCUT2D eigenvalue weighted by Crippen LogP contribution is 2.22. The number of aromatic amines is 1. The Bertz CT molecular complexity index is 663. The van der Waals surface area contributed by atoms with E-state index < -0.39 is 0 Å². The normalized spacial score (nSPS) is 19.2. The van der Waals surface area contributed by atoms with Gasteiger partial charge in [-0.1, -0.05) is 0 Å². The number of carbonyl (C=O) groups is 1. The number of hydrogen-bond donors (Lipinski definition) is 2. The van der Waals surface area contributed by atoms with Gasteiger partial charge < -0.3 is 15.6 Å². The Hall–Kier alpha value is -2.08. The molecule has 1 atom stereocenters. The van der Waals surface area contributed by atoms with Gasteiger partial charge in [-0.25, -0.2) is 4.98 Å². The number of anilines is 1. The second kappa shape index (κ2) is 5.37. The van der Waals surface area contributed by atoms with Crippen molar-refractivity contribution in [3.63, 3.8) is 0 Å². The van der Waals surface area contributed by atoms with Crippen molar-refractivity contribution < 1.29 is 4.79 Å². The summed E-state index contributed by atoms with van der Waals surface area (Å²) in [5.74, 6) is 1.06. The smallest absolute Gasteiger partial charge is 0.239 e. The number of nitrogens with two attached hydrogens (primary N) is 1. The van der Waals surface area contributed by atoms with Gasteiger partial charge in [0.1, 0.15) is 5.82 Å². The van der Waals surface area contributed by atoms with E-state index in [2.05, 4.69) is 14.9 Å². The second-order valence-electron chi connectivity index (χ2n) is 5.82. The molecule has 3 N–H and O–H groups in total. The third-order valence-electron chi connectivity index (χ3n) is 4.00. The Morgan fingerprint density at radius 2 is 2.33 bits per heavy atom. The van der Waals surface area contributed by atoms with Crippen LogP contribution >= 0.6 is 0 Å². The monoisotopic (exact) mass is 287 g/mol. The molecule has 6 heteroatoms. The van der Waals surface area contributed by atoms with Gasteiger partial charge in [-0.05, 0) is 37.6 Å². The zero-order chi connectivity index (χ0) is 15.0. The van der Waals surface area contributed by atoms with Crippen molar-refractivity contribution in [2.24, 2.45) is 0 Å². The molecule has 3 rings (SSSR count). The third kappa shape index (κ3) is 2.71. The molecular formula is C15H21N5O. The number of benzene rings is 1. The number of hydrogen-bond acceptors (Lipinski definition) is 4. The minimum atomic E-state index is -0.0294. The van der Waals surface area contributed by atoms with Crippen molar-refractivity contribution in [1.29, 1.82) is 0 Å². The molecule has 1 amide bonds. The van der Waals surface area contributed by atoms with Gasteiger partial charge in [0.25, 0.3) is 0 Å². The Morgan fingerprint density at radius 3 is 3.10 bits per heavy atom. The zero-order valence-corrected chi connectivity index (χ0v) is 12.5. The number of nitrogens with zero attached hydrogens (tertiary/aromatic N) is 3. The number of carbonyl (C=O) groups excluding carboxylic acids is 1. The molecule has 1 unspecified atom stereocenters. The standard InChI is InChI=1S/C15H21N5O/c1-19(2)15(21)13-4-3-7-20(13)9-14-17-11-6-5-10(16)8-12(11)18-14/h5-6,8,13H,3-4,7,9,16H2,1-2H3,(H,17,18). The molecule has 1 saturated heterocycles. The molecule has 0 radical (unpaired) electrons. The van der Waals surface area contributed by atoms with Crippen LogP contribution in [0.3, 0.4) is 0 Å². The van der Waals surface area contributed by atoms with Crippen molar-refractivity contribution in [2.75, 3.05) is 26.4 Å². The number of rotatable bonds is 3. The molecule has 0 bridgehead atoms. The molecule has 1 aliphatic rings. The van der Waals surface area contributed by atoms with E-state index in [9.17, 15) is 4.79 Å². The molecule has 2 aromatic rings. The average molecular weight is 287 g/mol. The number of nitrogen functional groups attached to an aromatic ring is 1. The molecule has 1 aromatic heterocycles. The lowest BCUT2D eigenvalue weighted by atomic mass is 10.2. The molecule has 1 fully saturated rings. The average Bonchev–Trinajstić information content (AvgIpc) is 3.03. The van der Waals surface area contributed by atoms with Gasteiger partial charge in [-0.3, -0.25) is 9.69 Å². The van der Waals surface area contributed by atoms with Crippen molar-refractivity contribution in [1.82, 2.24) is 19.8 Å². The van der Waals surface area contributed by atoms with Crippen molar-refractivity contribution >= 4 is 22.6 Å². The van der Waals surface area contributed by atoms with Crippen molar-refractivity contribution in [3.05, 3.63) is 24.0 Å². The first-order valence-corrected chi connectivity index (χ1v) is 7.24. The van der Waals surface area contributed by atoms with E-state index >= 15 is 0 Å². The van der Waals surface area contributed by atoms with E-state index in [-0.39, 0.29) is 11.9 Å². The number of H-pyrrole nitrogens is 1. The minimum absolute atomic E-state index is 0.0294. The van der Waals surface area contributed by atoms with Crippen LogP contribution in [-0.2, 0) is 11.3 Å². The topological polar surface area (TPSA) is 78.2 Å². The summed E-state index contributed by atoms with van der Waals surface area (Å²) < 4.78 is 0. The van der Waals surface area contributed by atoms with Crippen LogP contribution in [-0.4, -0.2) is 52.4 Å². The largest absolute Gasteiger partial charge is 0.399 e. The van der Waals surface area contributed by atoms with E-state index in [1.807, 2.05) is 32.3 Å². The Morgan fingerprint density at radius 1 is 1.52 bits per heavy atom. The first-order chi connectivity index (χ1) is 10.0. The van der Waals surface area contributed by atoms with Gasteiger partial charge >= 0.3 is 0 Å². The quantitative estimate of drug-likeness (QED) is 0.831. The minimum Gasteiger partial charge on any atom is -0.399 e. The van der Waals surface area contributed by atoms with Gasteiger partial charge in [-0.2, -0.15) is 0 Å². The van der Waals surface area contributed by atoms with Crippen LogP contribution in [0.2, 0.25) is 0 Å². The van der Waals surface area contributed by atoms with E-state index in [1.54, 1.807) is 4.90 Å². The predicted molar refractivity (Wildman–Crippen MR) is 82.6 cm³/mol. The Kier molecular flexibility index (Phi) is 3.55. The maximum Gasteiger partial charge on any atom is 0.239 e. The van der Waals surface area contributed by atoms with Crippen LogP contribution < -0.4 is 5.73 Å². The molecule has 21 heavy (non-hydrogen) atoms. The molecule has 0 aliphatic carbocycles. The summed E-state index contributed by atoms with van der Waals surface area (Å²) in [7, 11) is 3.62. The maximum atomic E-state index is 12.2. The van der Waals surface area contributed by atoms with E-state index in [0.717, 1.165) is 41.9 Å². The van der Waals surface area contributed by atoms with Crippen LogP contribution in [0, 0.1) is 0 Å². The van der Waals surface area contributed by atoms with Crippen LogP contribution in [0.4, 0.5) is 5.69 Å². The van der Waals surface area contributed by atoms with Gasteiger partial charge in [0, 0.05) is 19.8 Å². The maximum absolute atomic E-state index is 12.2.